The third kappa shape index (κ3) is 9.53. The summed E-state index contributed by atoms with van der Waals surface area (Å²) in [6.45, 7) is 3.24. The van der Waals surface area contributed by atoms with Gasteiger partial charge in [0.05, 0.1) is 22.6 Å². The number of anilines is 1. The van der Waals surface area contributed by atoms with Gasteiger partial charge in [0, 0.05) is 5.69 Å². The predicted molar refractivity (Wildman–Crippen MR) is 148 cm³/mol. The fourth-order valence-electron chi connectivity index (χ4n) is 3.09. The van der Waals surface area contributed by atoms with E-state index in [9.17, 15) is 19.2 Å². The van der Waals surface area contributed by atoms with Crippen molar-refractivity contribution >= 4 is 52.3 Å². The highest BCUT2D eigenvalue weighted by Gasteiger charge is 2.22. The lowest BCUT2D eigenvalue weighted by molar-refractivity contribution is -0.138. The van der Waals surface area contributed by atoms with Crippen molar-refractivity contribution < 1.29 is 29.0 Å². The van der Waals surface area contributed by atoms with Gasteiger partial charge in [-0.1, -0.05) is 49.2 Å². The maximum Gasteiger partial charge on any atom is 0.325 e. The number of amides is 3. The Morgan fingerprint density at radius 1 is 1.00 bits per heavy atom. The van der Waals surface area contributed by atoms with Gasteiger partial charge in [-0.15, -0.1) is 11.3 Å². The first-order valence-corrected chi connectivity index (χ1v) is 13.0. The molecule has 1 unspecified atom stereocenters. The van der Waals surface area contributed by atoms with Gasteiger partial charge in [-0.3, -0.25) is 19.2 Å². The van der Waals surface area contributed by atoms with Gasteiger partial charge in [0.2, 0.25) is 5.91 Å². The lowest BCUT2D eigenvalue weighted by atomic mass is 10.1. The van der Waals surface area contributed by atoms with Gasteiger partial charge in [-0.25, -0.2) is 0 Å². The molecule has 0 saturated heterocycles. The molecule has 0 aliphatic heterocycles. The van der Waals surface area contributed by atoms with Gasteiger partial charge >= 0.3 is 5.97 Å². The van der Waals surface area contributed by atoms with Crippen LogP contribution in [0.15, 0.2) is 66.0 Å². The number of ether oxygens (including phenoxy) is 1. The summed E-state index contributed by atoms with van der Waals surface area (Å²) in [6.07, 6.45) is 1.13. The Bertz CT molecular complexity index is 1220. The van der Waals surface area contributed by atoms with E-state index in [-0.39, 0.29) is 16.5 Å². The smallest absolute Gasteiger partial charge is 0.325 e. The van der Waals surface area contributed by atoms with Crippen molar-refractivity contribution in [3.05, 3.63) is 81.5 Å². The molecule has 1 heterocycles. The van der Waals surface area contributed by atoms with Crippen molar-refractivity contribution in [3.8, 4) is 5.75 Å². The summed E-state index contributed by atoms with van der Waals surface area (Å²) in [4.78, 5) is 48.4. The second-order valence-corrected chi connectivity index (χ2v) is 9.38. The number of nitrogens with one attached hydrogen (secondary N) is 3. The Kier molecular flexibility index (Phi) is 12.3. The van der Waals surface area contributed by atoms with E-state index in [1.807, 2.05) is 37.3 Å². The highest BCUT2D eigenvalue weighted by atomic mass is 35.5. The zero-order chi connectivity index (χ0) is 28.1. The number of thiophene rings is 1. The standard InChI is InChI=1S/C20H22ClN3O5S.C7H8O/c1-3-5-15(24-19(27)16-6-4-9-30-16)18(26)23-12-7-8-13(14(21)10-12)17(25)22-11(2)20(28)29;1-8-7-5-3-2-4-6-7/h4,6-11,15H,3,5H2,1-2H3,(H,22,25)(H,23,26)(H,24,27)(H,28,29);2-6H,1H3/t11-,15?;/m0./s1. The number of hydrogen-bond donors (Lipinski definition) is 4. The van der Waals surface area contributed by atoms with Crippen molar-refractivity contribution in [3.63, 3.8) is 0 Å². The molecular weight excluding hydrogens is 530 g/mol. The van der Waals surface area contributed by atoms with Gasteiger partial charge in [0.1, 0.15) is 17.8 Å². The second kappa shape index (κ2) is 15.4. The maximum absolute atomic E-state index is 12.6. The number of carboxylic acids is 1. The first kappa shape index (κ1) is 30.3. The molecule has 9 nitrogen and oxygen atoms in total. The lowest BCUT2D eigenvalue weighted by Gasteiger charge is -2.18. The third-order valence-electron chi connectivity index (χ3n) is 5.12. The van der Waals surface area contributed by atoms with Crippen LogP contribution < -0.4 is 20.7 Å². The molecule has 2 atom stereocenters. The highest BCUT2D eigenvalue weighted by molar-refractivity contribution is 7.12. The Labute approximate surface area is 230 Å². The highest BCUT2D eigenvalue weighted by Crippen LogP contribution is 2.22. The quantitative estimate of drug-likeness (QED) is 0.281. The molecule has 11 heteroatoms. The number of hydrogen-bond acceptors (Lipinski definition) is 6. The van der Waals surface area contributed by atoms with Crippen LogP contribution in [0.3, 0.4) is 0 Å². The summed E-state index contributed by atoms with van der Waals surface area (Å²) >= 11 is 7.42. The first-order chi connectivity index (χ1) is 18.2. The average molecular weight is 560 g/mol. The van der Waals surface area contributed by atoms with Crippen LogP contribution in [0, 0.1) is 0 Å². The molecular formula is C27H30ClN3O6S. The van der Waals surface area contributed by atoms with Gasteiger partial charge in [-0.2, -0.15) is 0 Å². The Morgan fingerprint density at radius 3 is 2.24 bits per heavy atom. The van der Waals surface area contributed by atoms with Crippen LogP contribution in [-0.2, 0) is 9.59 Å². The molecule has 0 radical (unpaired) electrons. The summed E-state index contributed by atoms with van der Waals surface area (Å²) in [5, 5.41) is 18.4. The number of carboxylic acid groups (broad SMARTS) is 1. The first-order valence-electron chi connectivity index (χ1n) is 11.7. The summed E-state index contributed by atoms with van der Waals surface area (Å²) in [5.41, 5.74) is 0.429. The summed E-state index contributed by atoms with van der Waals surface area (Å²) in [6, 6.07) is 15.6. The van der Waals surface area contributed by atoms with Crippen molar-refractivity contribution in [2.75, 3.05) is 12.4 Å². The molecule has 1 aromatic heterocycles. The van der Waals surface area contributed by atoms with Crippen molar-refractivity contribution in [2.45, 2.75) is 38.8 Å². The number of halogens is 1. The number of carbonyl (C=O) groups is 4. The minimum Gasteiger partial charge on any atom is -0.497 e. The fourth-order valence-corrected chi connectivity index (χ4v) is 3.99. The number of benzene rings is 2. The second-order valence-electron chi connectivity index (χ2n) is 8.03. The Balaban J connectivity index is 0.000000538. The largest absolute Gasteiger partial charge is 0.497 e. The van der Waals surface area contributed by atoms with Gasteiger partial charge in [-0.05, 0) is 55.1 Å². The summed E-state index contributed by atoms with van der Waals surface area (Å²) in [7, 11) is 1.66. The van der Waals surface area contributed by atoms with E-state index in [2.05, 4.69) is 16.0 Å². The lowest BCUT2D eigenvalue weighted by Crippen LogP contribution is -2.43. The number of rotatable bonds is 10. The minimum atomic E-state index is -1.17. The van der Waals surface area contributed by atoms with Crippen LogP contribution in [0.5, 0.6) is 5.75 Å². The van der Waals surface area contributed by atoms with Crippen LogP contribution in [0.2, 0.25) is 5.02 Å². The zero-order valence-corrected chi connectivity index (χ0v) is 22.8. The molecule has 2 aromatic carbocycles. The Hall–Kier alpha value is -3.89. The molecule has 0 aliphatic rings. The van der Waals surface area contributed by atoms with Gasteiger partial charge in [0.15, 0.2) is 0 Å². The number of carbonyl (C=O) groups excluding carboxylic acids is 3. The Morgan fingerprint density at radius 2 is 1.71 bits per heavy atom. The zero-order valence-electron chi connectivity index (χ0n) is 21.2. The molecule has 0 spiro atoms. The van der Waals surface area contributed by atoms with Gasteiger partial charge < -0.3 is 25.8 Å². The molecule has 0 saturated carbocycles. The summed E-state index contributed by atoms with van der Waals surface area (Å²) in [5.74, 6) is -1.63. The van der Waals surface area contributed by atoms with Gasteiger partial charge in [0.25, 0.3) is 11.8 Å². The molecule has 4 N–H and O–H groups in total. The molecule has 3 rings (SSSR count). The van der Waals surface area contributed by atoms with Crippen LogP contribution in [-0.4, -0.2) is 48.0 Å². The normalized spacial score (nSPS) is 11.7. The van der Waals surface area contributed by atoms with E-state index in [0.29, 0.717) is 23.4 Å². The van der Waals surface area contributed by atoms with Crippen molar-refractivity contribution in [1.82, 2.24) is 10.6 Å². The topological polar surface area (TPSA) is 134 Å². The van der Waals surface area contributed by atoms with E-state index in [1.165, 1.54) is 36.5 Å². The maximum atomic E-state index is 12.6. The van der Waals surface area contributed by atoms with E-state index in [1.54, 1.807) is 24.6 Å². The van der Waals surface area contributed by atoms with Crippen molar-refractivity contribution in [2.24, 2.45) is 0 Å². The monoisotopic (exact) mass is 559 g/mol. The predicted octanol–water partition coefficient (Wildman–Crippen LogP) is 4.84. The fraction of sp³-hybridized carbons (Fsp3) is 0.259. The molecule has 0 fully saturated rings. The summed E-state index contributed by atoms with van der Waals surface area (Å²) < 4.78 is 4.91. The molecule has 3 aromatic rings. The van der Waals surface area contributed by atoms with Crippen LogP contribution in [0.4, 0.5) is 5.69 Å². The number of para-hydroxylation sites is 1. The molecule has 0 aliphatic carbocycles. The van der Waals surface area contributed by atoms with Crippen LogP contribution in [0.25, 0.3) is 0 Å². The molecule has 38 heavy (non-hydrogen) atoms. The SMILES string of the molecule is CCCC(NC(=O)c1cccs1)C(=O)Nc1ccc(C(=O)N[C@@H](C)C(=O)O)c(Cl)c1.COc1ccccc1. The molecule has 3 amide bonds. The van der Waals surface area contributed by atoms with Crippen LogP contribution in [0.1, 0.15) is 46.7 Å². The molecule has 0 bridgehead atoms. The third-order valence-corrected chi connectivity index (χ3v) is 6.30. The number of aliphatic carboxylic acids is 1. The van der Waals surface area contributed by atoms with E-state index >= 15 is 0 Å². The molecule has 202 valence electrons. The number of methoxy groups -OCH3 is 1. The van der Waals surface area contributed by atoms with E-state index in [0.717, 1.165) is 5.75 Å². The van der Waals surface area contributed by atoms with Crippen LogP contribution >= 0.6 is 22.9 Å². The van der Waals surface area contributed by atoms with Crippen molar-refractivity contribution in [1.29, 1.82) is 0 Å². The average Bonchev–Trinajstić information content (AvgIpc) is 3.44. The van der Waals surface area contributed by atoms with E-state index in [4.69, 9.17) is 21.4 Å². The minimum absolute atomic E-state index is 0.0533. The van der Waals surface area contributed by atoms with E-state index < -0.39 is 29.9 Å².